The maximum atomic E-state index is 13.3. The molecule has 2 rings (SSSR count). The van der Waals surface area contributed by atoms with Crippen LogP contribution in [0.2, 0.25) is 0 Å². The molecule has 0 bridgehead atoms. The molecule has 1 saturated heterocycles. The molecule has 2 N–H and O–H groups in total. The number of halogens is 2. The molecule has 2 atom stereocenters. The first-order valence-electron chi connectivity index (χ1n) is 8.42. The summed E-state index contributed by atoms with van der Waals surface area (Å²) in [6.45, 7) is 10.3. The molecule has 0 spiro atoms. The summed E-state index contributed by atoms with van der Waals surface area (Å²) in [6, 6.07) is 3.51. The minimum Gasteiger partial charge on any atom is -0.391 e. The molecule has 1 aromatic rings. The largest absolute Gasteiger partial charge is 0.391 e. The summed E-state index contributed by atoms with van der Waals surface area (Å²) in [5, 5.41) is 20.4. The number of hydrogen-bond acceptors (Lipinski definition) is 4. The Morgan fingerprint density at radius 1 is 0.958 bits per heavy atom. The summed E-state index contributed by atoms with van der Waals surface area (Å²) >= 11 is 0. The zero-order chi connectivity index (χ0) is 17.9. The number of piperazine rings is 1. The molecule has 0 aromatic heterocycles. The fourth-order valence-corrected chi connectivity index (χ4v) is 2.74. The molecule has 0 amide bonds. The predicted octanol–water partition coefficient (Wildman–Crippen LogP) is 2.02. The maximum Gasteiger partial charge on any atom is 0.159 e. The van der Waals surface area contributed by atoms with Gasteiger partial charge in [-0.1, -0.05) is 26.8 Å². The molecular formula is C18H28F2N2O2. The van der Waals surface area contributed by atoms with Crippen molar-refractivity contribution < 1.29 is 19.0 Å². The van der Waals surface area contributed by atoms with E-state index in [1.807, 2.05) is 20.8 Å². The predicted molar refractivity (Wildman–Crippen MR) is 89.7 cm³/mol. The van der Waals surface area contributed by atoms with Crippen molar-refractivity contribution in [2.45, 2.75) is 33.0 Å². The number of nitrogens with zero attached hydrogens (tertiary/aromatic N) is 2. The van der Waals surface area contributed by atoms with Gasteiger partial charge >= 0.3 is 0 Å². The van der Waals surface area contributed by atoms with Crippen LogP contribution in [-0.4, -0.2) is 65.4 Å². The lowest BCUT2D eigenvalue weighted by atomic mass is 9.89. The molecule has 1 aromatic carbocycles. The monoisotopic (exact) mass is 342 g/mol. The van der Waals surface area contributed by atoms with E-state index in [0.29, 0.717) is 18.7 Å². The summed E-state index contributed by atoms with van der Waals surface area (Å²) < 4.78 is 26.2. The van der Waals surface area contributed by atoms with Gasteiger partial charge in [0.25, 0.3) is 0 Å². The number of hydrogen-bond donors (Lipinski definition) is 2. The van der Waals surface area contributed by atoms with Crippen molar-refractivity contribution in [1.82, 2.24) is 9.80 Å². The average molecular weight is 342 g/mol. The molecule has 1 aliphatic rings. The molecule has 0 unspecified atom stereocenters. The summed E-state index contributed by atoms with van der Waals surface area (Å²) in [4.78, 5) is 4.32. The van der Waals surface area contributed by atoms with Gasteiger partial charge in [0.15, 0.2) is 11.6 Å². The van der Waals surface area contributed by atoms with E-state index in [4.69, 9.17) is 0 Å². The second-order valence-corrected chi connectivity index (χ2v) is 7.67. The van der Waals surface area contributed by atoms with Gasteiger partial charge in [-0.2, -0.15) is 0 Å². The molecule has 1 heterocycles. The standard InChI is InChI=1S/C18H28F2N2O2/c1-18(2,3)17(24)12-22-8-6-21(7-9-22)11-16(23)13-4-5-14(19)15(20)10-13/h4-5,10,16-17,23-24H,6-9,11-12H2,1-3H3/t16-,17-/m1/s1. The highest BCUT2D eigenvalue weighted by Crippen LogP contribution is 2.21. The van der Waals surface area contributed by atoms with Crippen molar-refractivity contribution in [2.75, 3.05) is 39.3 Å². The SMILES string of the molecule is CC(C)(C)[C@H](O)CN1CCN(C[C@@H](O)c2ccc(F)c(F)c2)CC1. The van der Waals surface area contributed by atoms with E-state index >= 15 is 0 Å². The van der Waals surface area contributed by atoms with Crippen molar-refractivity contribution in [3.8, 4) is 0 Å². The van der Waals surface area contributed by atoms with Gasteiger partial charge in [0, 0.05) is 39.3 Å². The van der Waals surface area contributed by atoms with E-state index in [0.717, 1.165) is 38.3 Å². The van der Waals surface area contributed by atoms with Gasteiger partial charge in [-0.05, 0) is 23.1 Å². The van der Waals surface area contributed by atoms with Crippen LogP contribution in [0.4, 0.5) is 8.78 Å². The minimum absolute atomic E-state index is 0.139. The third kappa shape index (κ3) is 5.21. The molecule has 0 radical (unpaired) electrons. The number of rotatable bonds is 5. The average Bonchev–Trinajstić information content (AvgIpc) is 2.51. The lowest BCUT2D eigenvalue weighted by molar-refractivity contribution is 0.00716. The summed E-state index contributed by atoms with van der Waals surface area (Å²) in [5.41, 5.74) is 0.250. The van der Waals surface area contributed by atoms with Gasteiger partial charge in [0.1, 0.15) is 0 Å². The third-order valence-corrected chi connectivity index (χ3v) is 4.66. The molecular weight excluding hydrogens is 314 g/mol. The zero-order valence-corrected chi connectivity index (χ0v) is 14.7. The lowest BCUT2D eigenvalue weighted by Crippen LogP contribution is -2.50. The van der Waals surface area contributed by atoms with E-state index in [9.17, 15) is 19.0 Å². The summed E-state index contributed by atoms with van der Waals surface area (Å²) in [6.07, 6.45) is -1.22. The van der Waals surface area contributed by atoms with Gasteiger partial charge in [-0.25, -0.2) is 8.78 Å². The van der Waals surface area contributed by atoms with Crippen LogP contribution in [0, 0.1) is 17.0 Å². The van der Waals surface area contributed by atoms with Crippen molar-refractivity contribution in [1.29, 1.82) is 0 Å². The smallest absolute Gasteiger partial charge is 0.159 e. The van der Waals surface area contributed by atoms with Crippen molar-refractivity contribution in [2.24, 2.45) is 5.41 Å². The van der Waals surface area contributed by atoms with Crippen LogP contribution in [0.5, 0.6) is 0 Å². The Morgan fingerprint density at radius 3 is 2.00 bits per heavy atom. The Morgan fingerprint density at radius 2 is 1.50 bits per heavy atom. The Balaban J connectivity index is 1.81. The van der Waals surface area contributed by atoms with E-state index in [1.54, 1.807) is 0 Å². The van der Waals surface area contributed by atoms with Crippen molar-refractivity contribution >= 4 is 0 Å². The Kier molecular flexibility index (Phi) is 6.31. The van der Waals surface area contributed by atoms with Crippen LogP contribution in [0.25, 0.3) is 0 Å². The van der Waals surface area contributed by atoms with Crippen molar-refractivity contribution in [3.63, 3.8) is 0 Å². The number of β-amino-alcohol motifs (C(OH)–C–C–N with tert-alkyl or cyclic N) is 2. The van der Waals surface area contributed by atoms with E-state index < -0.39 is 17.7 Å². The lowest BCUT2D eigenvalue weighted by Gasteiger charge is -2.38. The quantitative estimate of drug-likeness (QED) is 0.860. The molecule has 136 valence electrons. The highest BCUT2D eigenvalue weighted by atomic mass is 19.2. The highest BCUT2D eigenvalue weighted by molar-refractivity contribution is 5.20. The number of aliphatic hydroxyl groups is 2. The van der Waals surface area contributed by atoms with Crippen LogP contribution >= 0.6 is 0 Å². The normalized spacial score (nSPS) is 20.1. The highest BCUT2D eigenvalue weighted by Gasteiger charge is 2.27. The zero-order valence-electron chi connectivity index (χ0n) is 14.7. The van der Waals surface area contributed by atoms with Crippen LogP contribution in [0.1, 0.15) is 32.4 Å². The second kappa shape index (κ2) is 7.87. The van der Waals surface area contributed by atoms with Gasteiger partial charge in [-0.15, -0.1) is 0 Å². The topological polar surface area (TPSA) is 46.9 Å². The van der Waals surface area contributed by atoms with Gasteiger partial charge in [0.2, 0.25) is 0 Å². The third-order valence-electron chi connectivity index (χ3n) is 4.66. The van der Waals surface area contributed by atoms with E-state index in [-0.39, 0.29) is 11.5 Å². The Bertz CT molecular complexity index is 540. The van der Waals surface area contributed by atoms with Crippen molar-refractivity contribution in [3.05, 3.63) is 35.4 Å². The maximum absolute atomic E-state index is 13.3. The molecule has 6 heteroatoms. The van der Waals surface area contributed by atoms with Gasteiger partial charge in [-0.3, -0.25) is 9.80 Å². The fourth-order valence-electron chi connectivity index (χ4n) is 2.74. The number of benzene rings is 1. The first-order chi connectivity index (χ1) is 11.2. The van der Waals surface area contributed by atoms with Crippen LogP contribution in [-0.2, 0) is 0 Å². The van der Waals surface area contributed by atoms with E-state index in [1.165, 1.54) is 6.07 Å². The first kappa shape index (κ1) is 19.2. The first-order valence-corrected chi connectivity index (χ1v) is 8.42. The summed E-state index contributed by atoms with van der Waals surface area (Å²) in [7, 11) is 0. The molecule has 1 fully saturated rings. The van der Waals surface area contributed by atoms with Crippen LogP contribution in [0.15, 0.2) is 18.2 Å². The molecule has 4 nitrogen and oxygen atoms in total. The van der Waals surface area contributed by atoms with Crippen LogP contribution in [0.3, 0.4) is 0 Å². The Labute approximate surface area is 142 Å². The van der Waals surface area contributed by atoms with E-state index in [2.05, 4.69) is 9.80 Å². The molecule has 0 saturated carbocycles. The second-order valence-electron chi connectivity index (χ2n) is 7.67. The molecule has 0 aliphatic carbocycles. The fraction of sp³-hybridized carbons (Fsp3) is 0.667. The number of aliphatic hydroxyl groups excluding tert-OH is 2. The van der Waals surface area contributed by atoms with Gasteiger partial charge < -0.3 is 10.2 Å². The van der Waals surface area contributed by atoms with Crippen LogP contribution < -0.4 is 0 Å². The molecule has 1 aliphatic heterocycles. The summed E-state index contributed by atoms with van der Waals surface area (Å²) in [5.74, 6) is -1.84. The molecule has 24 heavy (non-hydrogen) atoms. The Hall–Kier alpha value is -1.08. The minimum atomic E-state index is -0.937. The van der Waals surface area contributed by atoms with Gasteiger partial charge in [0.05, 0.1) is 12.2 Å².